The highest BCUT2D eigenvalue weighted by atomic mass is 35.5. The van der Waals surface area contributed by atoms with Gasteiger partial charge in [-0.1, -0.05) is 32.3 Å². The Morgan fingerprint density at radius 3 is 2.62 bits per heavy atom. The number of rotatable bonds is 6. The second-order valence-corrected chi connectivity index (χ2v) is 5.18. The highest BCUT2D eigenvalue weighted by Crippen LogP contribution is 2.28. The third-order valence-corrected chi connectivity index (χ3v) is 3.82. The summed E-state index contributed by atoms with van der Waals surface area (Å²) in [5, 5.41) is 3.35. The minimum Gasteiger partial charge on any atom is -0.314 e. The highest BCUT2D eigenvalue weighted by Gasteiger charge is 2.24. The monoisotopic (exact) mass is 337 g/mol. The smallest absolute Gasteiger partial charge is 0.217 e. The Morgan fingerprint density at radius 1 is 1.29 bits per heavy atom. The number of halogens is 3. The quantitative estimate of drug-likeness (QED) is 0.635. The molecule has 2 rings (SSSR count). The van der Waals surface area contributed by atoms with Crippen LogP contribution < -0.4 is 5.32 Å². The molecule has 0 saturated carbocycles. The Labute approximate surface area is 139 Å². The van der Waals surface area contributed by atoms with E-state index in [0.717, 1.165) is 44.6 Å². The average Bonchev–Trinajstić information content (AvgIpc) is 2.46. The van der Waals surface area contributed by atoms with Crippen LogP contribution in [0.5, 0.6) is 0 Å². The van der Waals surface area contributed by atoms with Crippen LogP contribution in [0.25, 0.3) is 0 Å². The maximum atomic E-state index is 14.0. The molecule has 1 aromatic rings. The van der Waals surface area contributed by atoms with Crippen LogP contribution in [0.1, 0.15) is 44.2 Å². The molecule has 6 heteroatoms. The Kier molecular flexibility index (Phi) is 11.0. The van der Waals surface area contributed by atoms with Gasteiger partial charge in [0.15, 0.2) is 0 Å². The van der Waals surface area contributed by atoms with Gasteiger partial charge in [0.2, 0.25) is 5.95 Å². The molecule has 1 saturated heterocycles. The van der Waals surface area contributed by atoms with Gasteiger partial charge < -0.3 is 5.32 Å². The summed E-state index contributed by atoms with van der Waals surface area (Å²) in [5.74, 6) is -0.303. The van der Waals surface area contributed by atoms with E-state index in [-0.39, 0.29) is 36.8 Å². The summed E-state index contributed by atoms with van der Waals surface area (Å²) in [6, 6.07) is 3.91. The molecule has 0 unspecified atom stereocenters. The van der Waals surface area contributed by atoms with Crippen molar-refractivity contribution in [3.05, 3.63) is 29.8 Å². The first-order chi connectivity index (χ1) is 9.33. The number of pyridine rings is 1. The van der Waals surface area contributed by atoms with Crippen molar-refractivity contribution >= 4 is 24.8 Å². The zero-order chi connectivity index (χ0) is 13.5. The standard InChI is InChI=1S/C15H24FN3.2ClH/c1-2-3-4-7-14(19-11-9-17-10-12-19)13-6-5-8-18-15(13)16;;/h5-6,8,14,17H,2-4,7,9-12H2,1H3;2*1H/t14-;;/m1../s1. The second-order valence-electron chi connectivity index (χ2n) is 5.18. The first kappa shape index (κ1) is 20.6. The first-order valence-corrected chi connectivity index (χ1v) is 7.38. The summed E-state index contributed by atoms with van der Waals surface area (Å²) in [5.41, 5.74) is 0.764. The normalized spacial score (nSPS) is 16.7. The third-order valence-electron chi connectivity index (χ3n) is 3.82. The van der Waals surface area contributed by atoms with E-state index in [0.29, 0.717) is 0 Å². The van der Waals surface area contributed by atoms with Crippen molar-refractivity contribution in [1.29, 1.82) is 0 Å². The lowest BCUT2D eigenvalue weighted by Crippen LogP contribution is -2.45. The summed E-state index contributed by atoms with van der Waals surface area (Å²) in [7, 11) is 0. The van der Waals surface area contributed by atoms with Crippen LogP contribution in [0.3, 0.4) is 0 Å². The fraction of sp³-hybridized carbons (Fsp3) is 0.667. The molecule has 122 valence electrons. The third kappa shape index (κ3) is 6.07. The predicted octanol–water partition coefficient (Wildman–Crippen LogP) is 3.59. The number of piperazine rings is 1. The summed E-state index contributed by atoms with van der Waals surface area (Å²) in [6.07, 6.45) is 6.11. The Bertz CT molecular complexity index is 387. The molecule has 0 radical (unpaired) electrons. The van der Waals surface area contributed by atoms with Crippen molar-refractivity contribution in [2.24, 2.45) is 0 Å². The van der Waals surface area contributed by atoms with Crippen molar-refractivity contribution in [2.45, 2.75) is 38.6 Å². The Hall–Kier alpha value is -0.420. The molecule has 21 heavy (non-hydrogen) atoms. The lowest BCUT2D eigenvalue weighted by Gasteiger charge is -2.35. The molecule has 0 bridgehead atoms. The topological polar surface area (TPSA) is 28.2 Å². The van der Waals surface area contributed by atoms with E-state index in [2.05, 4.69) is 22.1 Å². The predicted molar refractivity (Wildman–Crippen MR) is 90.0 cm³/mol. The Balaban J connectivity index is 0.00000200. The molecule has 0 amide bonds. The van der Waals surface area contributed by atoms with E-state index in [1.165, 1.54) is 19.0 Å². The van der Waals surface area contributed by atoms with Crippen molar-refractivity contribution in [3.8, 4) is 0 Å². The molecule has 0 spiro atoms. The van der Waals surface area contributed by atoms with Crippen LogP contribution in [-0.2, 0) is 0 Å². The molecule has 1 aromatic heterocycles. The second kappa shape index (κ2) is 11.2. The average molecular weight is 338 g/mol. The molecule has 1 fully saturated rings. The van der Waals surface area contributed by atoms with E-state index in [9.17, 15) is 4.39 Å². The maximum Gasteiger partial charge on any atom is 0.217 e. The van der Waals surface area contributed by atoms with E-state index in [4.69, 9.17) is 0 Å². The number of hydrogen-bond acceptors (Lipinski definition) is 3. The number of aromatic nitrogens is 1. The number of hydrogen-bond donors (Lipinski definition) is 1. The first-order valence-electron chi connectivity index (χ1n) is 7.38. The fourth-order valence-electron chi connectivity index (χ4n) is 2.76. The lowest BCUT2D eigenvalue weighted by molar-refractivity contribution is 0.159. The zero-order valence-electron chi connectivity index (χ0n) is 12.6. The summed E-state index contributed by atoms with van der Waals surface area (Å²) >= 11 is 0. The van der Waals surface area contributed by atoms with Gasteiger partial charge in [0, 0.05) is 44.0 Å². The SMILES string of the molecule is CCCCC[C@H](c1cccnc1F)N1CCNCC1.Cl.Cl. The molecule has 1 N–H and O–H groups in total. The van der Waals surface area contributed by atoms with Crippen LogP contribution in [-0.4, -0.2) is 36.1 Å². The van der Waals surface area contributed by atoms with Gasteiger partial charge in [-0.05, 0) is 12.5 Å². The van der Waals surface area contributed by atoms with E-state index < -0.39 is 0 Å². The number of nitrogens with one attached hydrogen (secondary N) is 1. The molecule has 1 aliphatic heterocycles. The zero-order valence-corrected chi connectivity index (χ0v) is 14.2. The van der Waals surface area contributed by atoms with Gasteiger partial charge in [0.25, 0.3) is 0 Å². The molecule has 3 nitrogen and oxygen atoms in total. The van der Waals surface area contributed by atoms with Crippen LogP contribution >= 0.6 is 24.8 Å². The number of unbranched alkanes of at least 4 members (excludes halogenated alkanes) is 2. The lowest BCUT2D eigenvalue weighted by atomic mass is 9.99. The molecule has 0 aliphatic carbocycles. The van der Waals surface area contributed by atoms with Crippen LogP contribution in [0, 0.1) is 5.95 Å². The van der Waals surface area contributed by atoms with Crippen molar-refractivity contribution in [3.63, 3.8) is 0 Å². The fourth-order valence-corrected chi connectivity index (χ4v) is 2.76. The van der Waals surface area contributed by atoms with Crippen molar-refractivity contribution in [1.82, 2.24) is 15.2 Å². The van der Waals surface area contributed by atoms with Crippen LogP contribution in [0.2, 0.25) is 0 Å². The largest absolute Gasteiger partial charge is 0.314 e. The molecular formula is C15H26Cl2FN3. The Morgan fingerprint density at radius 2 is 2.00 bits per heavy atom. The van der Waals surface area contributed by atoms with E-state index >= 15 is 0 Å². The van der Waals surface area contributed by atoms with E-state index in [1.807, 2.05) is 12.1 Å². The number of nitrogens with zero attached hydrogens (tertiary/aromatic N) is 2. The maximum absolute atomic E-state index is 14.0. The minimum absolute atomic E-state index is 0. The van der Waals surface area contributed by atoms with Crippen molar-refractivity contribution < 1.29 is 4.39 Å². The van der Waals surface area contributed by atoms with E-state index in [1.54, 1.807) is 0 Å². The minimum atomic E-state index is -0.303. The summed E-state index contributed by atoms with van der Waals surface area (Å²) in [6.45, 7) is 6.17. The van der Waals surface area contributed by atoms with Gasteiger partial charge >= 0.3 is 0 Å². The van der Waals surface area contributed by atoms with Crippen LogP contribution in [0.15, 0.2) is 18.3 Å². The van der Waals surface area contributed by atoms with Gasteiger partial charge in [0.1, 0.15) is 0 Å². The molecular weight excluding hydrogens is 312 g/mol. The van der Waals surface area contributed by atoms with Gasteiger partial charge in [0.05, 0.1) is 0 Å². The van der Waals surface area contributed by atoms with Crippen LogP contribution in [0.4, 0.5) is 4.39 Å². The molecule has 1 atom stereocenters. The summed E-state index contributed by atoms with van der Waals surface area (Å²) in [4.78, 5) is 6.21. The highest BCUT2D eigenvalue weighted by molar-refractivity contribution is 5.85. The van der Waals surface area contributed by atoms with Crippen molar-refractivity contribution in [2.75, 3.05) is 26.2 Å². The van der Waals surface area contributed by atoms with Gasteiger partial charge in [-0.25, -0.2) is 4.98 Å². The van der Waals surface area contributed by atoms with Gasteiger partial charge in [-0.15, -0.1) is 24.8 Å². The van der Waals surface area contributed by atoms with Gasteiger partial charge in [-0.3, -0.25) is 4.90 Å². The summed E-state index contributed by atoms with van der Waals surface area (Å²) < 4.78 is 14.0. The van der Waals surface area contributed by atoms with Gasteiger partial charge in [-0.2, -0.15) is 4.39 Å². The molecule has 0 aromatic carbocycles. The molecule has 1 aliphatic rings. The molecule has 2 heterocycles.